The molecule has 1 atom stereocenters. The number of hydrogen-bond acceptors (Lipinski definition) is 6. The van der Waals surface area contributed by atoms with Crippen molar-refractivity contribution in [1.82, 2.24) is 15.6 Å². The van der Waals surface area contributed by atoms with Crippen molar-refractivity contribution in [2.24, 2.45) is 5.73 Å². The Labute approximate surface area is 152 Å². The third-order valence-corrected chi connectivity index (χ3v) is 4.84. The topological polar surface area (TPSA) is 83.3 Å². The van der Waals surface area contributed by atoms with Gasteiger partial charge in [0, 0.05) is 30.6 Å². The summed E-state index contributed by atoms with van der Waals surface area (Å²) in [5.41, 5.74) is 7.00. The summed E-state index contributed by atoms with van der Waals surface area (Å²) in [6, 6.07) is 9.96. The summed E-state index contributed by atoms with van der Waals surface area (Å²) in [6.45, 7) is 3.72. The van der Waals surface area contributed by atoms with Gasteiger partial charge in [0.15, 0.2) is 0 Å². The number of Topliss-reactive ketones (excluding diaryl/α,β-unsaturated/α-hetero) is 1. The van der Waals surface area contributed by atoms with Crippen molar-refractivity contribution in [1.29, 1.82) is 0 Å². The van der Waals surface area contributed by atoms with Gasteiger partial charge in [0.05, 0.1) is 0 Å². The van der Waals surface area contributed by atoms with Crippen molar-refractivity contribution >= 4 is 22.4 Å². The van der Waals surface area contributed by atoms with Crippen molar-refractivity contribution in [2.75, 3.05) is 31.1 Å². The Kier molecular flexibility index (Phi) is 4.69. The Bertz CT molecular complexity index is 881. The molecule has 1 aromatic carbocycles. The predicted molar refractivity (Wildman–Crippen MR) is 104 cm³/mol. The summed E-state index contributed by atoms with van der Waals surface area (Å²) in [6.07, 6.45) is 5.84. The van der Waals surface area contributed by atoms with E-state index in [0.29, 0.717) is 11.3 Å². The van der Waals surface area contributed by atoms with E-state index in [9.17, 15) is 4.79 Å². The highest BCUT2D eigenvalue weighted by Crippen LogP contribution is 2.27. The van der Waals surface area contributed by atoms with Gasteiger partial charge in [0.1, 0.15) is 17.7 Å². The van der Waals surface area contributed by atoms with Gasteiger partial charge in [-0.25, -0.2) is 4.98 Å². The zero-order chi connectivity index (χ0) is 17.9. The van der Waals surface area contributed by atoms with Gasteiger partial charge in [-0.15, -0.1) is 0 Å². The molecule has 0 radical (unpaired) electrons. The van der Waals surface area contributed by atoms with Gasteiger partial charge in [-0.1, -0.05) is 30.3 Å². The summed E-state index contributed by atoms with van der Waals surface area (Å²) in [4.78, 5) is 20.1. The van der Waals surface area contributed by atoms with Crippen LogP contribution in [0.5, 0.6) is 0 Å². The minimum Gasteiger partial charge on any atom is -0.372 e. The van der Waals surface area contributed by atoms with Gasteiger partial charge in [0.25, 0.3) is 0 Å². The third-order valence-electron chi connectivity index (χ3n) is 4.84. The van der Waals surface area contributed by atoms with Crippen LogP contribution in [0.1, 0.15) is 16.9 Å². The molecular weight excluding hydrogens is 326 g/mol. The zero-order valence-corrected chi connectivity index (χ0v) is 14.6. The standard InChI is InChI=1S/C20H23N5O/c21-19-16(7-3-9-23-19)18(26)17-13-14-5-1-2-6-15(14)20(24-17)25-11-4-8-22-10-12-25/h1-3,5-7,9,13,19,22-23H,4,8,10-12,21H2. The number of dihydropyridines is 1. The SMILES string of the molecule is NC1NC=CC=C1C(=O)c1cc2ccccc2c(N2CCCNCC2)n1. The molecule has 6 nitrogen and oxygen atoms in total. The van der Waals surface area contributed by atoms with Gasteiger partial charge in [0.2, 0.25) is 5.78 Å². The molecule has 0 spiro atoms. The highest BCUT2D eigenvalue weighted by molar-refractivity contribution is 6.11. The fourth-order valence-corrected chi connectivity index (χ4v) is 3.46. The number of hydrogen-bond donors (Lipinski definition) is 3. The number of aromatic nitrogens is 1. The minimum atomic E-state index is -0.508. The molecule has 2 aliphatic rings. The van der Waals surface area contributed by atoms with Crippen LogP contribution < -0.4 is 21.3 Å². The monoisotopic (exact) mass is 349 g/mol. The van der Waals surface area contributed by atoms with E-state index in [-0.39, 0.29) is 5.78 Å². The number of nitrogens with two attached hydrogens (primary N) is 1. The van der Waals surface area contributed by atoms with Crippen LogP contribution in [0.15, 0.2) is 54.3 Å². The van der Waals surface area contributed by atoms with E-state index < -0.39 is 6.17 Å². The summed E-state index contributed by atoms with van der Waals surface area (Å²) >= 11 is 0. The first-order valence-electron chi connectivity index (χ1n) is 9.02. The lowest BCUT2D eigenvalue weighted by atomic mass is 10.0. The number of carbonyl (C=O) groups is 1. The van der Waals surface area contributed by atoms with E-state index in [1.807, 2.05) is 24.3 Å². The number of nitrogens with zero attached hydrogens (tertiary/aromatic N) is 2. The van der Waals surface area contributed by atoms with E-state index in [2.05, 4.69) is 21.6 Å². The Morgan fingerprint density at radius 3 is 3.00 bits per heavy atom. The zero-order valence-electron chi connectivity index (χ0n) is 14.6. The molecule has 1 aromatic heterocycles. The van der Waals surface area contributed by atoms with Gasteiger partial charge in [-0.05, 0) is 36.7 Å². The second kappa shape index (κ2) is 7.27. The molecule has 4 N–H and O–H groups in total. The molecule has 3 heterocycles. The maximum Gasteiger partial charge on any atom is 0.210 e. The van der Waals surface area contributed by atoms with Crippen LogP contribution in [0.4, 0.5) is 5.82 Å². The molecule has 1 unspecified atom stereocenters. The van der Waals surface area contributed by atoms with Crippen molar-refractivity contribution in [3.05, 3.63) is 60.0 Å². The fourth-order valence-electron chi connectivity index (χ4n) is 3.46. The van der Waals surface area contributed by atoms with E-state index in [4.69, 9.17) is 10.7 Å². The van der Waals surface area contributed by atoms with E-state index >= 15 is 0 Å². The van der Waals surface area contributed by atoms with Crippen LogP contribution in [0.25, 0.3) is 10.8 Å². The number of pyridine rings is 1. The van der Waals surface area contributed by atoms with E-state index in [1.54, 1.807) is 18.4 Å². The molecule has 2 aliphatic heterocycles. The minimum absolute atomic E-state index is 0.130. The number of fused-ring (bicyclic) bond motifs is 1. The lowest BCUT2D eigenvalue weighted by Gasteiger charge is -2.24. The second-order valence-corrected chi connectivity index (χ2v) is 6.60. The molecule has 134 valence electrons. The second-order valence-electron chi connectivity index (χ2n) is 6.60. The molecule has 0 amide bonds. The lowest BCUT2D eigenvalue weighted by Crippen LogP contribution is -2.40. The average molecular weight is 349 g/mol. The number of anilines is 1. The summed E-state index contributed by atoms with van der Waals surface area (Å²) in [7, 11) is 0. The molecule has 2 aromatic rings. The molecule has 0 saturated carbocycles. The third kappa shape index (κ3) is 3.21. The van der Waals surface area contributed by atoms with Crippen LogP contribution in [0, 0.1) is 0 Å². The first-order chi connectivity index (χ1) is 12.7. The maximum absolute atomic E-state index is 13.0. The normalized spacial score (nSPS) is 20.4. The molecule has 1 saturated heterocycles. The average Bonchev–Trinajstić information content (AvgIpc) is 2.96. The van der Waals surface area contributed by atoms with Crippen LogP contribution in [0.3, 0.4) is 0 Å². The summed E-state index contributed by atoms with van der Waals surface area (Å²) in [5.74, 6) is 0.748. The molecule has 1 fully saturated rings. The van der Waals surface area contributed by atoms with Crippen LogP contribution in [-0.2, 0) is 0 Å². The van der Waals surface area contributed by atoms with Crippen molar-refractivity contribution < 1.29 is 4.79 Å². The van der Waals surface area contributed by atoms with Crippen LogP contribution in [0.2, 0.25) is 0 Å². The number of rotatable bonds is 3. The fraction of sp³-hybridized carbons (Fsp3) is 0.300. The molecular formula is C20H23N5O. The first kappa shape index (κ1) is 16.8. The molecule has 6 heteroatoms. The van der Waals surface area contributed by atoms with Crippen molar-refractivity contribution in [2.45, 2.75) is 12.6 Å². The highest BCUT2D eigenvalue weighted by atomic mass is 16.1. The maximum atomic E-state index is 13.0. The Morgan fingerprint density at radius 1 is 1.23 bits per heavy atom. The van der Waals surface area contributed by atoms with Gasteiger partial charge < -0.3 is 21.3 Å². The number of nitrogens with one attached hydrogen (secondary N) is 2. The number of carbonyl (C=O) groups excluding carboxylic acids is 1. The number of allylic oxidation sites excluding steroid dienone is 2. The lowest BCUT2D eigenvalue weighted by molar-refractivity contribution is 0.102. The van der Waals surface area contributed by atoms with Crippen molar-refractivity contribution in [3.63, 3.8) is 0 Å². The molecule has 4 rings (SSSR count). The first-order valence-corrected chi connectivity index (χ1v) is 9.02. The van der Waals surface area contributed by atoms with E-state index in [1.165, 1.54) is 0 Å². The quantitative estimate of drug-likeness (QED) is 0.729. The highest BCUT2D eigenvalue weighted by Gasteiger charge is 2.23. The largest absolute Gasteiger partial charge is 0.372 e. The predicted octanol–water partition coefficient (Wildman–Crippen LogP) is 1.55. The number of ketones is 1. The van der Waals surface area contributed by atoms with Crippen LogP contribution >= 0.6 is 0 Å². The van der Waals surface area contributed by atoms with Gasteiger partial charge in [-0.2, -0.15) is 0 Å². The molecule has 0 aliphatic carbocycles. The molecule has 26 heavy (non-hydrogen) atoms. The van der Waals surface area contributed by atoms with Gasteiger partial charge >= 0.3 is 0 Å². The summed E-state index contributed by atoms with van der Waals surface area (Å²) < 4.78 is 0. The van der Waals surface area contributed by atoms with E-state index in [0.717, 1.165) is 49.2 Å². The Hall–Kier alpha value is -2.70. The Balaban J connectivity index is 1.79. The van der Waals surface area contributed by atoms with Crippen LogP contribution in [-0.4, -0.2) is 43.1 Å². The van der Waals surface area contributed by atoms with Crippen molar-refractivity contribution in [3.8, 4) is 0 Å². The molecule has 0 bridgehead atoms. The Morgan fingerprint density at radius 2 is 2.12 bits per heavy atom. The summed E-state index contributed by atoms with van der Waals surface area (Å²) in [5, 5.41) is 8.47. The number of benzene rings is 1. The van der Waals surface area contributed by atoms with Gasteiger partial charge in [-0.3, -0.25) is 4.79 Å². The smallest absolute Gasteiger partial charge is 0.210 e.